The van der Waals surface area contributed by atoms with E-state index in [0.717, 1.165) is 25.1 Å². The highest BCUT2D eigenvalue weighted by Gasteiger charge is 2.59. The van der Waals surface area contributed by atoms with Crippen LogP contribution >= 0.6 is 0 Å². The molecular weight excluding hydrogens is 408 g/mol. The molecule has 1 saturated heterocycles. The molecule has 1 fully saturated rings. The summed E-state index contributed by atoms with van der Waals surface area (Å²) in [6.45, 7) is 3.09. The number of nitrogens with one attached hydrogen (secondary N) is 1. The van der Waals surface area contributed by atoms with Gasteiger partial charge < -0.3 is 15.3 Å². The molecule has 9 heteroatoms. The fourth-order valence-electron chi connectivity index (χ4n) is 5.51. The van der Waals surface area contributed by atoms with Crippen LogP contribution in [-0.2, 0) is 11.2 Å². The number of hydrogen-bond acceptors (Lipinski definition) is 8. The lowest BCUT2D eigenvalue weighted by molar-refractivity contribution is -0.153. The van der Waals surface area contributed by atoms with Crippen LogP contribution in [0.2, 0.25) is 0 Å². The van der Waals surface area contributed by atoms with Crippen LogP contribution in [0, 0.1) is 16.7 Å². The van der Waals surface area contributed by atoms with Crippen LogP contribution in [0.25, 0.3) is 11.3 Å². The number of carboxylic acids is 1. The first-order valence-corrected chi connectivity index (χ1v) is 10.7. The number of nitrogens with zero attached hydrogens (tertiary/aromatic N) is 5. The number of rotatable bonds is 3. The summed E-state index contributed by atoms with van der Waals surface area (Å²) >= 11 is 0. The second kappa shape index (κ2) is 6.62. The van der Waals surface area contributed by atoms with Gasteiger partial charge in [-0.3, -0.25) is 4.79 Å². The van der Waals surface area contributed by atoms with Gasteiger partial charge in [-0.25, -0.2) is 14.6 Å². The van der Waals surface area contributed by atoms with Crippen molar-refractivity contribution in [2.45, 2.75) is 19.8 Å². The fourth-order valence-corrected chi connectivity index (χ4v) is 5.51. The quantitative estimate of drug-likeness (QED) is 0.646. The summed E-state index contributed by atoms with van der Waals surface area (Å²) in [4.78, 5) is 24.0. The normalized spacial score (nSPS) is 28.3. The van der Waals surface area contributed by atoms with Gasteiger partial charge in [0.1, 0.15) is 0 Å². The molecule has 2 aliphatic heterocycles. The average molecular weight is 430 g/mol. The Hall–Kier alpha value is -3.75. The Bertz CT molecular complexity index is 1290. The van der Waals surface area contributed by atoms with Gasteiger partial charge in [-0.2, -0.15) is 0 Å². The molecular formula is C23H22N6O3. The second-order valence-electron chi connectivity index (χ2n) is 9.01. The highest BCUT2D eigenvalue weighted by atomic mass is 16.6. The van der Waals surface area contributed by atoms with Crippen molar-refractivity contribution < 1.29 is 14.5 Å². The first-order valence-electron chi connectivity index (χ1n) is 10.7. The van der Waals surface area contributed by atoms with Crippen LogP contribution < -0.4 is 10.2 Å². The standard InChI is InChI=1S/C23H22N6O3/c1-22(21(30)31)9-7-16-12-23(22)13-29(10-8-15(23)11-14-5-3-2-4-6-14)20-19(24-16)25-17-18(26-20)28-32-27-17/h2-7,9,12,15H,8,10-11,13H2,1H3,(H,30,31)(H,24,25,27). The Labute approximate surface area is 183 Å². The van der Waals surface area contributed by atoms with Crippen molar-refractivity contribution in [3.8, 4) is 0 Å². The minimum Gasteiger partial charge on any atom is -0.481 e. The van der Waals surface area contributed by atoms with E-state index in [2.05, 4.69) is 48.7 Å². The summed E-state index contributed by atoms with van der Waals surface area (Å²) in [5.74, 6) is 0.519. The van der Waals surface area contributed by atoms with Crippen molar-refractivity contribution >= 4 is 28.9 Å². The van der Waals surface area contributed by atoms with Crippen molar-refractivity contribution in [3.63, 3.8) is 0 Å². The molecule has 6 rings (SSSR count). The molecule has 3 aliphatic rings. The molecule has 2 N–H and O–H groups in total. The maximum absolute atomic E-state index is 12.7. The minimum atomic E-state index is -1.07. The molecule has 32 heavy (non-hydrogen) atoms. The van der Waals surface area contributed by atoms with E-state index in [-0.39, 0.29) is 5.92 Å². The smallest absolute Gasteiger partial charge is 0.314 e. The van der Waals surface area contributed by atoms with E-state index in [1.165, 1.54) is 5.56 Å². The second-order valence-corrected chi connectivity index (χ2v) is 9.01. The summed E-state index contributed by atoms with van der Waals surface area (Å²) in [5.41, 5.74) is 0.985. The average Bonchev–Trinajstić information content (AvgIpc) is 3.24. The number of hydrogen-bond donors (Lipinski definition) is 2. The van der Waals surface area contributed by atoms with E-state index >= 15 is 0 Å². The van der Waals surface area contributed by atoms with Crippen LogP contribution in [-0.4, -0.2) is 44.4 Å². The van der Waals surface area contributed by atoms with Gasteiger partial charge in [0.2, 0.25) is 11.3 Å². The molecule has 1 aliphatic carbocycles. The molecule has 4 heterocycles. The van der Waals surface area contributed by atoms with E-state index in [1.807, 2.05) is 37.3 Å². The molecule has 3 unspecified atom stereocenters. The van der Waals surface area contributed by atoms with Crippen LogP contribution in [0.5, 0.6) is 0 Å². The molecule has 0 saturated carbocycles. The summed E-state index contributed by atoms with van der Waals surface area (Å²) in [7, 11) is 0. The molecule has 0 radical (unpaired) electrons. The third-order valence-corrected chi connectivity index (χ3v) is 7.33. The molecule has 1 spiro atoms. The Balaban J connectivity index is 1.52. The first kappa shape index (κ1) is 19.0. The van der Waals surface area contributed by atoms with Crippen molar-refractivity contribution in [2.24, 2.45) is 16.7 Å². The topological polar surface area (TPSA) is 117 Å². The Morgan fingerprint density at radius 2 is 2.03 bits per heavy atom. The van der Waals surface area contributed by atoms with E-state index in [9.17, 15) is 9.90 Å². The van der Waals surface area contributed by atoms with Crippen molar-refractivity contribution in [3.05, 3.63) is 59.8 Å². The number of anilines is 2. The van der Waals surface area contributed by atoms with Gasteiger partial charge >= 0.3 is 5.97 Å². The van der Waals surface area contributed by atoms with Crippen LogP contribution in [0.1, 0.15) is 18.9 Å². The van der Waals surface area contributed by atoms with Crippen LogP contribution in [0.15, 0.2) is 58.9 Å². The molecule has 9 nitrogen and oxygen atoms in total. The molecule has 3 aromatic rings. The number of benzene rings is 1. The maximum atomic E-state index is 12.7. The highest BCUT2D eigenvalue weighted by molar-refractivity contribution is 5.82. The van der Waals surface area contributed by atoms with Gasteiger partial charge in [0.25, 0.3) is 0 Å². The largest absolute Gasteiger partial charge is 0.481 e. The first-order chi connectivity index (χ1) is 15.5. The monoisotopic (exact) mass is 430 g/mol. The third-order valence-electron chi connectivity index (χ3n) is 7.33. The number of piperidine rings is 1. The SMILES string of the molecule is CC1(C(=O)O)C=CC2=CC13CN(CCC3Cc1ccccc1)c1nc3nonc3nc1N2. The summed E-state index contributed by atoms with van der Waals surface area (Å²) < 4.78 is 4.81. The van der Waals surface area contributed by atoms with Crippen molar-refractivity contribution in [1.82, 2.24) is 20.3 Å². The molecule has 3 bridgehead atoms. The molecule has 2 aromatic heterocycles. The molecule has 0 amide bonds. The third kappa shape index (κ3) is 2.60. The van der Waals surface area contributed by atoms with E-state index in [4.69, 9.17) is 4.63 Å². The molecule has 3 atom stereocenters. The fraction of sp³-hybridized carbons (Fsp3) is 0.348. The van der Waals surface area contributed by atoms with Crippen LogP contribution in [0.4, 0.5) is 11.6 Å². The Morgan fingerprint density at radius 3 is 2.81 bits per heavy atom. The summed E-state index contributed by atoms with van der Waals surface area (Å²) in [6.07, 6.45) is 7.40. The number of fused-ring (bicyclic) bond motifs is 4. The van der Waals surface area contributed by atoms with Gasteiger partial charge in [-0.1, -0.05) is 42.5 Å². The number of allylic oxidation sites excluding steroid dienone is 1. The number of carboxylic acid groups (broad SMARTS) is 1. The predicted molar refractivity (Wildman–Crippen MR) is 117 cm³/mol. The number of aliphatic carboxylic acids is 1. The zero-order chi connectivity index (χ0) is 21.9. The number of carbonyl (C=O) groups is 1. The number of aromatic nitrogens is 4. The zero-order valence-corrected chi connectivity index (χ0v) is 17.5. The molecule has 1 aromatic carbocycles. The zero-order valence-electron chi connectivity index (χ0n) is 17.5. The van der Waals surface area contributed by atoms with Gasteiger partial charge in [0.15, 0.2) is 11.6 Å². The molecule has 162 valence electrons. The summed E-state index contributed by atoms with van der Waals surface area (Å²) in [6, 6.07) is 10.3. The van der Waals surface area contributed by atoms with E-state index < -0.39 is 16.8 Å². The Morgan fingerprint density at radius 1 is 1.25 bits per heavy atom. The van der Waals surface area contributed by atoms with Gasteiger partial charge in [-0.05, 0) is 47.6 Å². The lowest BCUT2D eigenvalue weighted by Gasteiger charge is -2.56. The van der Waals surface area contributed by atoms with E-state index in [0.29, 0.717) is 29.5 Å². The maximum Gasteiger partial charge on any atom is 0.314 e. The van der Waals surface area contributed by atoms with Gasteiger partial charge in [0, 0.05) is 24.2 Å². The lowest BCUT2D eigenvalue weighted by Crippen LogP contribution is -2.60. The minimum absolute atomic E-state index is 0.135. The van der Waals surface area contributed by atoms with Gasteiger partial charge in [0.05, 0.1) is 5.41 Å². The van der Waals surface area contributed by atoms with Gasteiger partial charge in [-0.15, -0.1) is 0 Å². The predicted octanol–water partition coefficient (Wildman–Crippen LogP) is 3.04. The van der Waals surface area contributed by atoms with Crippen molar-refractivity contribution in [1.29, 1.82) is 0 Å². The Kier molecular flexibility index (Phi) is 3.93. The lowest BCUT2D eigenvalue weighted by atomic mass is 9.52. The van der Waals surface area contributed by atoms with Crippen molar-refractivity contribution in [2.75, 3.05) is 23.3 Å². The van der Waals surface area contributed by atoms with Crippen LogP contribution in [0.3, 0.4) is 0 Å². The van der Waals surface area contributed by atoms with E-state index in [1.54, 1.807) is 0 Å². The highest BCUT2D eigenvalue weighted by Crippen LogP contribution is 2.56. The summed E-state index contributed by atoms with van der Waals surface area (Å²) in [5, 5.41) is 21.4.